The summed E-state index contributed by atoms with van der Waals surface area (Å²) < 4.78 is 35.4. The van der Waals surface area contributed by atoms with E-state index in [1.165, 1.54) is 11.4 Å². The highest BCUT2D eigenvalue weighted by molar-refractivity contribution is 7.89. The third-order valence-electron chi connectivity index (χ3n) is 3.44. The lowest BCUT2D eigenvalue weighted by atomic mass is 10.2. The summed E-state index contributed by atoms with van der Waals surface area (Å²) in [5.41, 5.74) is 0. The van der Waals surface area contributed by atoms with E-state index >= 15 is 0 Å². The molecule has 2 saturated heterocycles. The fraction of sp³-hybridized carbons (Fsp3) is 0.900. The molecule has 0 aromatic rings. The second-order valence-electron chi connectivity index (χ2n) is 4.54. The Hall–Kier alpha value is -0.700. The van der Waals surface area contributed by atoms with Crippen LogP contribution in [0.5, 0.6) is 0 Å². The Morgan fingerprint density at radius 2 is 2.17 bits per heavy atom. The first-order chi connectivity index (χ1) is 8.45. The number of carbonyl (C=O) groups is 1. The number of rotatable bonds is 2. The van der Waals surface area contributed by atoms with Crippen molar-refractivity contribution >= 4 is 15.9 Å². The van der Waals surface area contributed by atoms with Crippen LogP contribution in [-0.4, -0.2) is 81.9 Å². The highest BCUT2D eigenvalue weighted by Gasteiger charge is 2.43. The first-order valence-electron chi connectivity index (χ1n) is 5.79. The van der Waals surface area contributed by atoms with Crippen molar-refractivity contribution in [1.29, 1.82) is 0 Å². The van der Waals surface area contributed by atoms with E-state index in [-0.39, 0.29) is 37.0 Å². The molecule has 2 heterocycles. The Morgan fingerprint density at radius 1 is 1.44 bits per heavy atom. The van der Waals surface area contributed by atoms with Crippen molar-refractivity contribution in [3.8, 4) is 0 Å². The average molecular weight is 278 g/mol. The van der Waals surface area contributed by atoms with Crippen LogP contribution in [-0.2, 0) is 24.3 Å². The van der Waals surface area contributed by atoms with Gasteiger partial charge >= 0.3 is 0 Å². The first-order valence-corrected chi connectivity index (χ1v) is 7.40. The van der Waals surface area contributed by atoms with Gasteiger partial charge in [0.25, 0.3) is 0 Å². The molecule has 2 atom stereocenters. The summed E-state index contributed by atoms with van der Waals surface area (Å²) >= 11 is 0. The van der Waals surface area contributed by atoms with Gasteiger partial charge in [-0.15, -0.1) is 0 Å². The summed E-state index contributed by atoms with van der Waals surface area (Å²) in [6.07, 6.45) is -0.243. The van der Waals surface area contributed by atoms with Gasteiger partial charge in [0, 0.05) is 27.2 Å². The topological polar surface area (TPSA) is 76.1 Å². The molecule has 0 unspecified atom stereocenters. The van der Waals surface area contributed by atoms with Gasteiger partial charge < -0.3 is 14.4 Å². The quantitative estimate of drug-likeness (QED) is 0.615. The molecule has 2 aliphatic heterocycles. The van der Waals surface area contributed by atoms with Gasteiger partial charge in [0.2, 0.25) is 15.9 Å². The normalized spacial score (nSPS) is 32.0. The second kappa shape index (κ2) is 5.12. The SMILES string of the molecule is COCC(=O)N1C[C@@H]2OCCS(=O)(=O)N(C)[C@@H]2C1. The maximum absolute atomic E-state index is 11.9. The van der Waals surface area contributed by atoms with Crippen LogP contribution in [0.25, 0.3) is 0 Å². The second-order valence-corrected chi connectivity index (χ2v) is 6.69. The van der Waals surface area contributed by atoms with Crippen molar-refractivity contribution in [1.82, 2.24) is 9.21 Å². The van der Waals surface area contributed by atoms with E-state index in [0.29, 0.717) is 13.1 Å². The molecule has 2 aliphatic rings. The maximum Gasteiger partial charge on any atom is 0.248 e. The van der Waals surface area contributed by atoms with E-state index in [0.717, 1.165) is 0 Å². The van der Waals surface area contributed by atoms with Gasteiger partial charge in [-0.05, 0) is 0 Å². The molecule has 8 heteroatoms. The first kappa shape index (κ1) is 13.7. The molecule has 0 aromatic carbocycles. The predicted molar refractivity (Wildman–Crippen MR) is 63.5 cm³/mol. The Bertz CT molecular complexity index is 424. The Balaban J connectivity index is 2.11. The zero-order chi connectivity index (χ0) is 13.3. The minimum absolute atomic E-state index is 0.00250. The highest BCUT2D eigenvalue weighted by atomic mass is 32.2. The molecule has 0 spiro atoms. The third-order valence-corrected chi connectivity index (χ3v) is 5.27. The van der Waals surface area contributed by atoms with Gasteiger partial charge in [-0.25, -0.2) is 8.42 Å². The average Bonchev–Trinajstić information content (AvgIpc) is 2.68. The zero-order valence-corrected chi connectivity index (χ0v) is 11.4. The van der Waals surface area contributed by atoms with Crippen molar-refractivity contribution in [3.05, 3.63) is 0 Å². The summed E-state index contributed by atoms with van der Waals surface area (Å²) in [7, 11) is -0.269. The number of fused-ring (bicyclic) bond motifs is 1. The van der Waals surface area contributed by atoms with Gasteiger partial charge in [0.05, 0.1) is 24.5 Å². The molecule has 0 saturated carbocycles. The van der Waals surface area contributed by atoms with Gasteiger partial charge in [-0.1, -0.05) is 0 Å². The molecule has 0 aliphatic carbocycles. The maximum atomic E-state index is 11.9. The number of methoxy groups -OCH3 is 1. The van der Waals surface area contributed by atoms with Crippen LogP contribution < -0.4 is 0 Å². The number of likely N-dealkylation sites (N-methyl/N-ethyl adjacent to an activating group) is 1. The smallest absolute Gasteiger partial charge is 0.248 e. The summed E-state index contributed by atoms with van der Waals surface area (Å²) in [6, 6.07) is -0.293. The van der Waals surface area contributed by atoms with E-state index in [4.69, 9.17) is 9.47 Å². The molecular formula is C10H18N2O5S. The molecule has 0 bridgehead atoms. The largest absolute Gasteiger partial charge is 0.375 e. The van der Waals surface area contributed by atoms with Crippen LogP contribution in [0.15, 0.2) is 0 Å². The minimum atomic E-state index is -3.27. The van der Waals surface area contributed by atoms with Crippen LogP contribution in [0, 0.1) is 0 Å². The standard InChI is InChI=1S/C10H18N2O5S/c1-11-8-5-12(10(13)7-16-2)6-9(8)17-3-4-18(11,14)15/h8-9H,3-7H2,1-2H3/t8-,9+/m1/s1. The van der Waals surface area contributed by atoms with Crippen molar-refractivity contribution in [2.75, 3.05) is 46.2 Å². The number of hydrogen-bond donors (Lipinski definition) is 0. The molecule has 2 rings (SSSR count). The zero-order valence-electron chi connectivity index (χ0n) is 10.5. The van der Waals surface area contributed by atoms with Gasteiger partial charge in [-0.2, -0.15) is 4.31 Å². The van der Waals surface area contributed by atoms with Crippen molar-refractivity contribution < 1.29 is 22.7 Å². The summed E-state index contributed by atoms with van der Waals surface area (Å²) in [5, 5.41) is 0. The summed E-state index contributed by atoms with van der Waals surface area (Å²) in [4.78, 5) is 13.3. The monoisotopic (exact) mass is 278 g/mol. The van der Waals surface area contributed by atoms with E-state index in [1.54, 1.807) is 11.9 Å². The molecule has 1 amide bonds. The van der Waals surface area contributed by atoms with Gasteiger partial charge in [-0.3, -0.25) is 4.79 Å². The van der Waals surface area contributed by atoms with Crippen LogP contribution in [0.1, 0.15) is 0 Å². The van der Waals surface area contributed by atoms with Gasteiger partial charge in [0.1, 0.15) is 6.61 Å². The Kier molecular flexibility index (Phi) is 3.90. The lowest BCUT2D eigenvalue weighted by Crippen LogP contribution is -2.43. The van der Waals surface area contributed by atoms with Gasteiger partial charge in [0.15, 0.2) is 0 Å². The lowest BCUT2D eigenvalue weighted by molar-refractivity contribution is -0.134. The van der Waals surface area contributed by atoms with E-state index in [9.17, 15) is 13.2 Å². The molecule has 7 nitrogen and oxygen atoms in total. The number of likely N-dealkylation sites (tertiary alicyclic amines) is 1. The number of hydrogen-bond acceptors (Lipinski definition) is 5. The molecule has 0 aromatic heterocycles. The number of carbonyl (C=O) groups excluding carboxylic acids is 1. The fourth-order valence-electron chi connectivity index (χ4n) is 2.34. The van der Waals surface area contributed by atoms with Crippen LogP contribution in [0.4, 0.5) is 0 Å². The fourth-order valence-corrected chi connectivity index (χ4v) is 3.55. The number of amides is 1. The predicted octanol–water partition coefficient (Wildman–Crippen LogP) is -1.50. The molecule has 18 heavy (non-hydrogen) atoms. The molecule has 2 fully saturated rings. The van der Waals surface area contributed by atoms with Crippen molar-refractivity contribution in [2.45, 2.75) is 12.1 Å². The van der Waals surface area contributed by atoms with Crippen molar-refractivity contribution in [2.24, 2.45) is 0 Å². The number of ether oxygens (including phenoxy) is 2. The number of nitrogens with zero attached hydrogens (tertiary/aromatic N) is 2. The highest BCUT2D eigenvalue weighted by Crippen LogP contribution is 2.23. The third kappa shape index (κ3) is 2.51. The summed E-state index contributed by atoms with van der Waals surface area (Å²) in [5.74, 6) is -0.136. The van der Waals surface area contributed by atoms with E-state index in [2.05, 4.69) is 0 Å². The minimum Gasteiger partial charge on any atom is -0.375 e. The van der Waals surface area contributed by atoms with Crippen LogP contribution >= 0.6 is 0 Å². The Morgan fingerprint density at radius 3 is 2.83 bits per heavy atom. The lowest BCUT2D eigenvalue weighted by Gasteiger charge is -2.23. The molecular weight excluding hydrogens is 260 g/mol. The Labute approximate surface area is 107 Å². The van der Waals surface area contributed by atoms with Crippen LogP contribution in [0.3, 0.4) is 0 Å². The van der Waals surface area contributed by atoms with E-state index in [1.807, 2.05) is 0 Å². The molecule has 0 N–H and O–H groups in total. The van der Waals surface area contributed by atoms with Crippen molar-refractivity contribution in [3.63, 3.8) is 0 Å². The number of sulfonamides is 1. The van der Waals surface area contributed by atoms with E-state index < -0.39 is 10.0 Å². The van der Waals surface area contributed by atoms with Crippen LogP contribution in [0.2, 0.25) is 0 Å². The summed E-state index contributed by atoms with van der Waals surface area (Å²) in [6.45, 7) is 0.978. The molecule has 0 radical (unpaired) electrons. The molecule has 104 valence electrons.